The van der Waals surface area contributed by atoms with Gasteiger partial charge in [0, 0.05) is 25.9 Å². The van der Waals surface area contributed by atoms with Crippen molar-refractivity contribution in [1.29, 1.82) is 0 Å². The number of hydrogen-bond acceptors (Lipinski definition) is 4. The maximum atomic E-state index is 13.7. The lowest BCUT2D eigenvalue weighted by Gasteiger charge is -2.29. The Morgan fingerprint density at radius 1 is 1.38 bits per heavy atom. The fraction of sp³-hybridized carbons (Fsp3) is 0.846. The quantitative estimate of drug-likeness (QED) is 0.753. The zero-order chi connectivity index (χ0) is 15.9. The van der Waals surface area contributed by atoms with Crippen LogP contribution in [-0.2, 0) is 14.3 Å². The van der Waals surface area contributed by atoms with Crippen molar-refractivity contribution in [2.45, 2.75) is 38.2 Å². The van der Waals surface area contributed by atoms with Gasteiger partial charge < -0.3 is 19.7 Å². The molecule has 1 N–H and O–H groups in total. The fourth-order valence-electron chi connectivity index (χ4n) is 2.11. The Bertz CT molecular complexity index is 360. The molecule has 1 aliphatic rings. The summed E-state index contributed by atoms with van der Waals surface area (Å²) in [4.78, 5) is 25.0. The van der Waals surface area contributed by atoms with E-state index in [2.05, 4.69) is 10.1 Å². The van der Waals surface area contributed by atoms with Crippen LogP contribution in [0.15, 0.2) is 0 Å². The normalized spacial score (nSPS) is 17.2. The minimum Gasteiger partial charge on any atom is -0.467 e. The zero-order valence-corrected chi connectivity index (χ0v) is 12.4. The molecule has 2 amide bonds. The molecule has 122 valence electrons. The van der Waals surface area contributed by atoms with Crippen molar-refractivity contribution in [3.05, 3.63) is 0 Å². The average Bonchev–Trinajstić information content (AvgIpc) is 2.46. The lowest BCUT2D eigenvalue weighted by Crippen LogP contribution is -2.52. The number of halogens is 2. The van der Waals surface area contributed by atoms with Crippen LogP contribution in [0.1, 0.15) is 26.2 Å². The van der Waals surface area contributed by atoms with Crippen molar-refractivity contribution in [2.75, 3.05) is 33.4 Å². The second-order valence-electron chi connectivity index (χ2n) is 4.93. The van der Waals surface area contributed by atoms with E-state index in [9.17, 15) is 18.4 Å². The number of nitrogens with one attached hydrogen (secondary N) is 1. The zero-order valence-electron chi connectivity index (χ0n) is 12.4. The first-order chi connectivity index (χ1) is 9.89. The van der Waals surface area contributed by atoms with E-state index in [0.717, 1.165) is 7.11 Å². The van der Waals surface area contributed by atoms with Gasteiger partial charge in [-0.25, -0.2) is 18.4 Å². The van der Waals surface area contributed by atoms with E-state index in [4.69, 9.17) is 4.74 Å². The number of urea groups is 1. The first kappa shape index (κ1) is 17.6. The van der Waals surface area contributed by atoms with Crippen LogP contribution < -0.4 is 5.32 Å². The van der Waals surface area contributed by atoms with Gasteiger partial charge in [0.2, 0.25) is 0 Å². The summed E-state index contributed by atoms with van der Waals surface area (Å²) in [5.41, 5.74) is 0. The Hall–Kier alpha value is -1.44. The van der Waals surface area contributed by atoms with Gasteiger partial charge in [0.25, 0.3) is 5.92 Å². The molecule has 0 spiro atoms. The average molecular weight is 308 g/mol. The summed E-state index contributed by atoms with van der Waals surface area (Å²) >= 11 is 0. The third kappa shape index (κ3) is 5.82. The number of rotatable bonds is 6. The predicted octanol–water partition coefficient (Wildman–Crippen LogP) is 1.40. The summed E-state index contributed by atoms with van der Waals surface area (Å²) in [5, 5.41) is 2.33. The second kappa shape index (κ2) is 8.11. The lowest BCUT2D eigenvalue weighted by atomic mass is 10.0. The number of nitrogens with zero attached hydrogens (tertiary/aromatic N) is 1. The molecule has 0 aromatic heterocycles. The highest BCUT2D eigenvalue weighted by Crippen LogP contribution is 2.26. The Kier molecular flexibility index (Phi) is 6.80. The Labute approximate surface area is 122 Å². The van der Waals surface area contributed by atoms with Crippen molar-refractivity contribution >= 4 is 12.0 Å². The number of morpholine rings is 1. The van der Waals surface area contributed by atoms with Gasteiger partial charge in [-0.1, -0.05) is 13.3 Å². The van der Waals surface area contributed by atoms with Crippen molar-refractivity contribution in [3.8, 4) is 0 Å². The van der Waals surface area contributed by atoms with Crippen LogP contribution >= 0.6 is 0 Å². The SMILES string of the molecule is CCCC(F)(F)CC(NC(=O)N1CCOCC1)C(=O)OC. The summed E-state index contributed by atoms with van der Waals surface area (Å²) in [7, 11) is 1.11. The molecule has 0 aromatic rings. The van der Waals surface area contributed by atoms with Crippen molar-refractivity contribution < 1.29 is 27.8 Å². The molecule has 1 aliphatic heterocycles. The second-order valence-corrected chi connectivity index (χ2v) is 4.93. The van der Waals surface area contributed by atoms with E-state index >= 15 is 0 Å². The number of hydrogen-bond donors (Lipinski definition) is 1. The molecule has 1 fully saturated rings. The standard InChI is InChI=1S/C13H22F2N2O4/c1-3-4-13(14,15)9-10(11(18)20-2)16-12(19)17-5-7-21-8-6-17/h10H,3-9H2,1-2H3,(H,16,19). The van der Waals surface area contributed by atoms with Crippen LogP contribution in [0, 0.1) is 0 Å². The number of esters is 1. The molecule has 0 aliphatic carbocycles. The highest BCUT2D eigenvalue weighted by molar-refractivity contribution is 5.83. The first-order valence-corrected chi connectivity index (χ1v) is 6.98. The van der Waals surface area contributed by atoms with E-state index in [1.807, 2.05) is 0 Å². The van der Waals surface area contributed by atoms with Gasteiger partial charge in [0.05, 0.1) is 20.3 Å². The van der Waals surface area contributed by atoms with Gasteiger partial charge in [0.1, 0.15) is 6.04 Å². The molecule has 1 unspecified atom stereocenters. The van der Waals surface area contributed by atoms with E-state index in [1.54, 1.807) is 6.92 Å². The summed E-state index contributed by atoms with van der Waals surface area (Å²) in [5.74, 6) is -3.89. The highest BCUT2D eigenvalue weighted by Gasteiger charge is 2.37. The molecule has 8 heteroatoms. The monoisotopic (exact) mass is 308 g/mol. The van der Waals surface area contributed by atoms with Gasteiger partial charge in [-0.05, 0) is 0 Å². The van der Waals surface area contributed by atoms with Crippen molar-refractivity contribution in [2.24, 2.45) is 0 Å². The molecule has 21 heavy (non-hydrogen) atoms. The molecular weight excluding hydrogens is 286 g/mol. The molecule has 6 nitrogen and oxygen atoms in total. The Morgan fingerprint density at radius 3 is 2.52 bits per heavy atom. The highest BCUT2D eigenvalue weighted by atomic mass is 19.3. The van der Waals surface area contributed by atoms with Crippen LogP contribution in [0.2, 0.25) is 0 Å². The largest absolute Gasteiger partial charge is 0.467 e. The molecule has 0 aromatic carbocycles. The fourth-order valence-corrected chi connectivity index (χ4v) is 2.11. The van der Waals surface area contributed by atoms with Gasteiger partial charge in [-0.15, -0.1) is 0 Å². The van der Waals surface area contributed by atoms with Crippen LogP contribution in [0.4, 0.5) is 13.6 Å². The smallest absolute Gasteiger partial charge is 0.328 e. The number of alkyl halides is 2. The topological polar surface area (TPSA) is 67.9 Å². The molecule has 0 saturated carbocycles. The lowest BCUT2D eigenvalue weighted by molar-refractivity contribution is -0.146. The van der Waals surface area contributed by atoms with Crippen LogP contribution in [0.3, 0.4) is 0 Å². The first-order valence-electron chi connectivity index (χ1n) is 6.98. The number of methoxy groups -OCH3 is 1. The van der Waals surface area contributed by atoms with Crippen molar-refractivity contribution in [3.63, 3.8) is 0 Å². The Morgan fingerprint density at radius 2 is 2.00 bits per heavy atom. The number of ether oxygens (including phenoxy) is 2. The number of carbonyl (C=O) groups excluding carboxylic acids is 2. The minimum atomic E-state index is -3.02. The van der Waals surface area contributed by atoms with E-state index < -0.39 is 30.4 Å². The summed E-state index contributed by atoms with van der Waals surface area (Å²) in [6.07, 6.45) is -0.810. The third-order valence-corrected chi connectivity index (χ3v) is 3.20. The van der Waals surface area contributed by atoms with E-state index in [0.29, 0.717) is 26.3 Å². The van der Waals surface area contributed by atoms with Crippen molar-refractivity contribution in [1.82, 2.24) is 10.2 Å². The Balaban J connectivity index is 2.64. The molecule has 1 saturated heterocycles. The van der Waals surface area contributed by atoms with Gasteiger partial charge in [0.15, 0.2) is 0 Å². The molecule has 0 bridgehead atoms. The van der Waals surface area contributed by atoms with E-state index in [1.165, 1.54) is 4.90 Å². The summed E-state index contributed by atoms with van der Waals surface area (Å²) in [6.45, 7) is 3.15. The molecule has 1 rings (SSSR count). The predicted molar refractivity (Wildman–Crippen MR) is 71.2 cm³/mol. The molecule has 0 radical (unpaired) electrons. The van der Waals surface area contributed by atoms with Crippen LogP contribution in [0.5, 0.6) is 0 Å². The van der Waals surface area contributed by atoms with Gasteiger partial charge in [-0.3, -0.25) is 0 Å². The van der Waals surface area contributed by atoms with Crippen LogP contribution in [0.25, 0.3) is 0 Å². The minimum absolute atomic E-state index is 0.290. The number of amides is 2. The maximum absolute atomic E-state index is 13.7. The molecule has 1 heterocycles. The van der Waals surface area contributed by atoms with Crippen LogP contribution in [-0.4, -0.2) is 62.3 Å². The van der Waals surface area contributed by atoms with Gasteiger partial charge >= 0.3 is 12.0 Å². The van der Waals surface area contributed by atoms with Gasteiger partial charge in [-0.2, -0.15) is 0 Å². The maximum Gasteiger partial charge on any atom is 0.328 e. The number of carbonyl (C=O) groups is 2. The van der Waals surface area contributed by atoms with E-state index in [-0.39, 0.29) is 12.8 Å². The summed E-state index contributed by atoms with van der Waals surface area (Å²) < 4.78 is 36.9. The molecular formula is C13H22F2N2O4. The summed E-state index contributed by atoms with van der Waals surface area (Å²) in [6, 6.07) is -1.91. The third-order valence-electron chi connectivity index (χ3n) is 3.20. The molecule has 1 atom stereocenters.